The van der Waals surface area contributed by atoms with Gasteiger partial charge in [0.05, 0.1) is 6.42 Å². The highest BCUT2D eigenvalue weighted by atomic mass is 16.5. The number of benzene rings is 2. The molecule has 7 nitrogen and oxygen atoms in total. The Morgan fingerprint density at radius 1 is 1.03 bits per heavy atom. The summed E-state index contributed by atoms with van der Waals surface area (Å²) in [6.07, 6.45) is 1.45. The predicted molar refractivity (Wildman–Crippen MR) is 128 cm³/mol. The molecule has 2 aliphatic rings. The third-order valence-electron chi connectivity index (χ3n) is 6.48. The van der Waals surface area contributed by atoms with Crippen molar-refractivity contribution in [3.8, 4) is 11.1 Å². The fraction of sp³-hybridized carbons (Fsp3) is 0.444. The minimum atomic E-state index is -0.941. The number of hydrogen-bond donors (Lipinski definition) is 2. The highest BCUT2D eigenvalue weighted by molar-refractivity contribution is 5.86. The number of rotatable bonds is 10. The van der Waals surface area contributed by atoms with Crippen LogP contribution in [0, 0.1) is 5.92 Å². The van der Waals surface area contributed by atoms with Gasteiger partial charge in [-0.3, -0.25) is 9.59 Å². The van der Waals surface area contributed by atoms with Gasteiger partial charge in [0.1, 0.15) is 12.6 Å². The zero-order chi connectivity index (χ0) is 24.2. The Balaban J connectivity index is 1.42. The van der Waals surface area contributed by atoms with Crippen molar-refractivity contribution in [2.24, 2.45) is 5.92 Å². The summed E-state index contributed by atoms with van der Waals surface area (Å²) >= 11 is 0. The number of carbonyl (C=O) groups is 3. The first-order valence-corrected chi connectivity index (χ1v) is 12.0. The van der Waals surface area contributed by atoms with Crippen LogP contribution < -0.4 is 5.32 Å². The second-order valence-corrected chi connectivity index (χ2v) is 9.56. The molecule has 0 spiro atoms. The van der Waals surface area contributed by atoms with Gasteiger partial charge in [-0.15, -0.1) is 0 Å². The van der Waals surface area contributed by atoms with E-state index in [1.165, 1.54) is 0 Å². The van der Waals surface area contributed by atoms with Crippen molar-refractivity contribution in [3.63, 3.8) is 0 Å². The molecule has 0 aromatic heterocycles. The first-order valence-electron chi connectivity index (χ1n) is 12.0. The van der Waals surface area contributed by atoms with E-state index in [0.29, 0.717) is 6.42 Å². The van der Waals surface area contributed by atoms with E-state index in [1.54, 1.807) is 4.90 Å². The predicted octanol–water partition coefficient (Wildman–Crippen LogP) is 4.41. The van der Waals surface area contributed by atoms with E-state index in [4.69, 9.17) is 9.84 Å². The number of carboxylic acid groups (broad SMARTS) is 1. The van der Waals surface area contributed by atoms with E-state index >= 15 is 0 Å². The summed E-state index contributed by atoms with van der Waals surface area (Å²) in [5.41, 5.74) is 4.55. The third-order valence-corrected chi connectivity index (χ3v) is 6.48. The summed E-state index contributed by atoms with van der Waals surface area (Å²) in [6, 6.07) is 15.6. The molecule has 0 radical (unpaired) electrons. The van der Waals surface area contributed by atoms with E-state index in [1.807, 2.05) is 38.1 Å². The fourth-order valence-electron chi connectivity index (χ4n) is 4.75. The molecule has 0 aliphatic heterocycles. The minimum Gasteiger partial charge on any atom is -0.481 e. The van der Waals surface area contributed by atoms with E-state index < -0.39 is 18.1 Å². The maximum absolute atomic E-state index is 13.3. The van der Waals surface area contributed by atoms with E-state index in [2.05, 4.69) is 29.6 Å². The fourth-order valence-corrected chi connectivity index (χ4v) is 4.75. The molecule has 4 rings (SSSR count). The van der Waals surface area contributed by atoms with Gasteiger partial charge in [0.25, 0.3) is 0 Å². The monoisotopic (exact) mass is 464 g/mol. The molecule has 1 atom stereocenters. The lowest BCUT2D eigenvalue weighted by molar-refractivity contribution is -0.139. The maximum Gasteiger partial charge on any atom is 0.407 e. The molecular formula is C27H32N2O5. The number of ether oxygens (including phenoxy) is 1. The maximum atomic E-state index is 13.3. The third kappa shape index (κ3) is 5.41. The first-order chi connectivity index (χ1) is 16.3. The van der Waals surface area contributed by atoms with Gasteiger partial charge >= 0.3 is 12.1 Å². The molecule has 0 unspecified atom stereocenters. The van der Waals surface area contributed by atoms with Crippen molar-refractivity contribution in [2.45, 2.75) is 57.5 Å². The molecule has 1 saturated carbocycles. The molecule has 2 aliphatic carbocycles. The zero-order valence-electron chi connectivity index (χ0n) is 19.7. The van der Waals surface area contributed by atoms with Crippen LogP contribution in [0.1, 0.15) is 56.6 Å². The van der Waals surface area contributed by atoms with Crippen molar-refractivity contribution < 1.29 is 24.2 Å². The Labute approximate surface area is 200 Å². The molecule has 1 fully saturated rings. The lowest BCUT2D eigenvalue weighted by atomic mass is 9.98. The largest absolute Gasteiger partial charge is 0.481 e. The number of nitrogens with one attached hydrogen (secondary N) is 1. The van der Waals surface area contributed by atoms with Crippen molar-refractivity contribution in [1.29, 1.82) is 0 Å². The molecule has 180 valence electrons. The minimum absolute atomic E-state index is 0.0593. The van der Waals surface area contributed by atoms with Crippen LogP contribution in [0.25, 0.3) is 11.1 Å². The molecule has 0 heterocycles. The van der Waals surface area contributed by atoms with Crippen LogP contribution in [0.2, 0.25) is 0 Å². The second kappa shape index (κ2) is 10.3. The Hall–Kier alpha value is -3.35. The van der Waals surface area contributed by atoms with E-state index in [9.17, 15) is 14.4 Å². The summed E-state index contributed by atoms with van der Waals surface area (Å²) in [5, 5.41) is 11.8. The quantitative estimate of drug-likeness (QED) is 0.543. The Morgan fingerprint density at radius 3 is 2.15 bits per heavy atom. The van der Waals surface area contributed by atoms with Crippen LogP contribution in [-0.2, 0) is 14.3 Å². The highest BCUT2D eigenvalue weighted by Gasteiger charge is 2.37. The van der Waals surface area contributed by atoms with Crippen LogP contribution in [-0.4, -0.2) is 53.2 Å². The van der Waals surface area contributed by atoms with Crippen LogP contribution in [0.5, 0.6) is 0 Å². The molecule has 7 heteroatoms. The molecule has 2 amide bonds. The normalized spacial score (nSPS) is 15.4. The van der Waals surface area contributed by atoms with Crippen molar-refractivity contribution in [1.82, 2.24) is 10.2 Å². The summed E-state index contributed by atoms with van der Waals surface area (Å²) < 4.78 is 5.64. The number of amides is 2. The molecule has 2 N–H and O–H groups in total. The first kappa shape index (κ1) is 23.8. The van der Waals surface area contributed by atoms with Gasteiger partial charge in [0.2, 0.25) is 5.91 Å². The Bertz CT molecular complexity index is 1020. The number of carbonyl (C=O) groups excluding carboxylic acids is 2. The van der Waals surface area contributed by atoms with Gasteiger partial charge < -0.3 is 20.1 Å². The van der Waals surface area contributed by atoms with E-state index in [-0.39, 0.29) is 43.4 Å². The van der Waals surface area contributed by atoms with Crippen LogP contribution in [0.4, 0.5) is 4.79 Å². The van der Waals surface area contributed by atoms with Crippen molar-refractivity contribution >= 4 is 18.0 Å². The average molecular weight is 465 g/mol. The molecule has 2 aromatic carbocycles. The Kier molecular flexibility index (Phi) is 7.20. The topological polar surface area (TPSA) is 95.9 Å². The second-order valence-electron chi connectivity index (χ2n) is 9.56. The average Bonchev–Trinajstić information content (AvgIpc) is 3.59. The standard InChI is InChI=1S/C27H32N2O5/c1-17(2)15-24(26(32)29(18-11-12-18)14-13-25(30)31)28-27(33)34-16-23-21-9-5-3-7-19(21)20-8-4-6-10-22(20)23/h3-10,17-18,23-24H,11-16H2,1-2H3,(H,28,33)(H,30,31)/t24-/m0/s1. The molecular weight excluding hydrogens is 432 g/mol. The highest BCUT2D eigenvalue weighted by Crippen LogP contribution is 2.44. The van der Waals surface area contributed by atoms with Crippen molar-refractivity contribution in [2.75, 3.05) is 13.2 Å². The number of alkyl carbamates (subject to hydrolysis) is 1. The van der Waals surface area contributed by atoms with Crippen molar-refractivity contribution in [3.05, 3.63) is 59.7 Å². The SMILES string of the molecule is CC(C)C[C@H](NC(=O)OCC1c2ccccc2-c2ccccc21)C(=O)N(CCC(=O)O)C1CC1. The number of fused-ring (bicyclic) bond motifs is 3. The Morgan fingerprint density at radius 2 is 1.62 bits per heavy atom. The number of carboxylic acids is 1. The lowest BCUT2D eigenvalue weighted by Gasteiger charge is -2.28. The number of hydrogen-bond acceptors (Lipinski definition) is 4. The van der Waals surface area contributed by atoms with Gasteiger partial charge in [-0.25, -0.2) is 4.79 Å². The summed E-state index contributed by atoms with van der Waals surface area (Å²) in [7, 11) is 0. The van der Waals surface area contributed by atoms with Crippen LogP contribution in [0.15, 0.2) is 48.5 Å². The van der Waals surface area contributed by atoms with Gasteiger partial charge in [0, 0.05) is 18.5 Å². The molecule has 0 saturated heterocycles. The smallest absolute Gasteiger partial charge is 0.407 e. The van der Waals surface area contributed by atoms with Crippen LogP contribution in [0.3, 0.4) is 0 Å². The number of nitrogens with zero attached hydrogens (tertiary/aromatic N) is 1. The van der Waals surface area contributed by atoms with Gasteiger partial charge in [0.15, 0.2) is 0 Å². The summed E-state index contributed by atoms with van der Waals surface area (Å²) in [4.78, 5) is 38.7. The van der Waals surface area contributed by atoms with Gasteiger partial charge in [-0.05, 0) is 47.4 Å². The molecule has 0 bridgehead atoms. The van der Waals surface area contributed by atoms with Gasteiger partial charge in [-0.1, -0.05) is 62.4 Å². The summed E-state index contributed by atoms with van der Waals surface area (Å²) in [5.74, 6) is -1.06. The molecule has 34 heavy (non-hydrogen) atoms. The number of aliphatic carboxylic acids is 1. The van der Waals surface area contributed by atoms with Crippen LogP contribution >= 0.6 is 0 Å². The van der Waals surface area contributed by atoms with Gasteiger partial charge in [-0.2, -0.15) is 0 Å². The summed E-state index contributed by atoms with van der Waals surface area (Å²) in [6.45, 7) is 4.30. The van der Waals surface area contributed by atoms with E-state index in [0.717, 1.165) is 35.1 Å². The molecule has 2 aromatic rings. The zero-order valence-corrected chi connectivity index (χ0v) is 19.7. The lowest BCUT2D eigenvalue weighted by Crippen LogP contribution is -2.50.